The van der Waals surface area contributed by atoms with Crippen LogP contribution in [-0.4, -0.2) is 17.9 Å². The Morgan fingerprint density at radius 2 is 0.514 bits per heavy atom. The molecule has 0 unspecified atom stereocenters. The standard InChI is InChI=1S/C66H38N4/c1-5-21-39(22-6-1)55-57-59-61-47(43-29-13-17-33-51(43)67(61)41-25-9-3-10-26-41)37-49-46-32-16-20-36-54(46)70(63(49)59)66(57)56(40-23-7-2-8-24-40)58-60-62-48(38-50-45-31-15-19-35-53(45)69(64(50)60)65(55)58)44-30-14-18-34-52(44)68(62)42-27-11-4-12-28-42/h1-38H. The second-order valence-corrected chi connectivity index (χ2v) is 19.1. The van der Waals surface area contributed by atoms with E-state index >= 15 is 0 Å². The number of benzene rings is 11. The Kier molecular flexibility index (Phi) is 6.92. The van der Waals surface area contributed by atoms with Crippen LogP contribution in [0.3, 0.4) is 0 Å². The average Bonchev–Trinajstić information content (AvgIpc) is 4.27. The summed E-state index contributed by atoms with van der Waals surface area (Å²) in [6.07, 6.45) is 0. The normalized spacial score (nSPS) is 12.6. The quantitative estimate of drug-likeness (QED) is 0.168. The summed E-state index contributed by atoms with van der Waals surface area (Å²) in [6.45, 7) is 0. The number of rotatable bonds is 4. The van der Waals surface area contributed by atoms with Crippen molar-refractivity contribution in [2.45, 2.75) is 0 Å². The van der Waals surface area contributed by atoms with E-state index < -0.39 is 0 Å². The van der Waals surface area contributed by atoms with Crippen molar-refractivity contribution in [2.75, 3.05) is 0 Å². The number of fused-ring (bicyclic) bond motifs is 20. The lowest BCUT2D eigenvalue weighted by atomic mass is 9.88. The molecule has 11 aromatic carbocycles. The number of aromatic nitrogens is 4. The minimum Gasteiger partial charge on any atom is -0.309 e. The van der Waals surface area contributed by atoms with Gasteiger partial charge in [-0.25, -0.2) is 0 Å². The smallest absolute Gasteiger partial charge is 0.0642 e. The fourth-order valence-corrected chi connectivity index (χ4v) is 13.2. The predicted octanol–water partition coefficient (Wildman–Crippen LogP) is 17.5. The van der Waals surface area contributed by atoms with E-state index in [4.69, 9.17) is 0 Å². The van der Waals surface area contributed by atoms with Gasteiger partial charge in [-0.3, -0.25) is 0 Å². The fraction of sp³-hybridized carbons (Fsp3) is 0. The van der Waals surface area contributed by atoms with E-state index in [0.29, 0.717) is 0 Å². The highest BCUT2D eigenvalue weighted by atomic mass is 15.0. The summed E-state index contributed by atoms with van der Waals surface area (Å²) in [4.78, 5) is 0. The van der Waals surface area contributed by atoms with E-state index in [1.54, 1.807) is 0 Å². The highest BCUT2D eigenvalue weighted by Crippen LogP contribution is 2.57. The largest absolute Gasteiger partial charge is 0.309 e. The van der Waals surface area contributed by atoms with Gasteiger partial charge in [0, 0.05) is 87.1 Å². The summed E-state index contributed by atoms with van der Waals surface area (Å²) in [5.74, 6) is 0. The average molecular weight is 887 g/mol. The first-order chi connectivity index (χ1) is 34.8. The van der Waals surface area contributed by atoms with Gasteiger partial charge in [-0.15, -0.1) is 0 Å². The molecule has 0 aliphatic rings. The van der Waals surface area contributed by atoms with Gasteiger partial charge in [-0.2, -0.15) is 0 Å². The molecule has 0 atom stereocenters. The van der Waals surface area contributed by atoms with E-state index in [9.17, 15) is 0 Å². The Morgan fingerprint density at radius 3 is 0.900 bits per heavy atom. The minimum atomic E-state index is 1.15. The summed E-state index contributed by atoms with van der Waals surface area (Å²) in [6, 6.07) is 85.8. The van der Waals surface area contributed by atoms with Crippen LogP contribution in [0.25, 0.3) is 153 Å². The van der Waals surface area contributed by atoms with Crippen LogP contribution in [0.4, 0.5) is 0 Å². The predicted molar refractivity (Wildman–Crippen MR) is 295 cm³/mol. The molecule has 0 saturated heterocycles. The Labute approximate surface area is 400 Å². The lowest BCUT2D eigenvalue weighted by Gasteiger charge is -2.17. The number of nitrogens with zero attached hydrogens (tertiary/aromatic N) is 4. The molecule has 17 rings (SSSR count). The van der Waals surface area contributed by atoms with Gasteiger partial charge in [0.25, 0.3) is 0 Å². The fourth-order valence-electron chi connectivity index (χ4n) is 13.2. The van der Waals surface area contributed by atoms with Crippen LogP contribution in [0.2, 0.25) is 0 Å². The van der Waals surface area contributed by atoms with Crippen molar-refractivity contribution in [3.05, 3.63) is 231 Å². The number of para-hydroxylation sites is 6. The van der Waals surface area contributed by atoms with Crippen molar-refractivity contribution in [3.8, 4) is 33.6 Å². The zero-order chi connectivity index (χ0) is 45.3. The Balaban J connectivity index is 1.28. The van der Waals surface area contributed by atoms with Gasteiger partial charge in [-0.1, -0.05) is 170 Å². The summed E-state index contributed by atoms with van der Waals surface area (Å²) in [7, 11) is 0. The van der Waals surface area contributed by atoms with E-state index in [1.807, 2.05) is 0 Å². The molecular formula is C66H38N4. The summed E-state index contributed by atoms with van der Waals surface area (Å²) in [5.41, 5.74) is 19.4. The van der Waals surface area contributed by atoms with Crippen molar-refractivity contribution in [2.24, 2.45) is 0 Å². The molecular weight excluding hydrogens is 849 g/mol. The van der Waals surface area contributed by atoms with Crippen molar-refractivity contribution in [1.82, 2.24) is 17.9 Å². The molecule has 0 aliphatic carbocycles. The van der Waals surface area contributed by atoms with Gasteiger partial charge in [0.2, 0.25) is 0 Å². The Morgan fingerprint density at radius 1 is 0.214 bits per heavy atom. The topological polar surface area (TPSA) is 18.7 Å². The SMILES string of the molecule is c1ccc(-c2c3c4c5c(cc6c7ccccc7n(c3c(-c3ccccc3)c3c7c8c(cc9c%10ccccc%10n(c23)c97)c2ccccc2n8-c2ccccc2)c64)c2ccccc2n5-c2ccccc2)cc1. The van der Waals surface area contributed by atoms with Crippen LogP contribution in [-0.2, 0) is 0 Å². The first kappa shape index (κ1) is 36.7. The number of hydrogen-bond acceptors (Lipinski definition) is 0. The minimum absolute atomic E-state index is 1.15. The second kappa shape index (κ2) is 13.2. The molecule has 17 aromatic rings. The molecule has 4 nitrogen and oxygen atoms in total. The van der Waals surface area contributed by atoms with E-state index in [2.05, 4.69) is 248 Å². The molecule has 0 aliphatic heterocycles. The zero-order valence-corrected chi connectivity index (χ0v) is 37.7. The van der Waals surface area contributed by atoms with Gasteiger partial charge in [-0.05, 0) is 71.8 Å². The van der Waals surface area contributed by atoms with Crippen molar-refractivity contribution in [1.29, 1.82) is 0 Å². The third kappa shape index (κ3) is 4.39. The highest BCUT2D eigenvalue weighted by molar-refractivity contribution is 6.44. The van der Waals surface area contributed by atoms with Crippen LogP contribution >= 0.6 is 0 Å². The van der Waals surface area contributed by atoms with Crippen LogP contribution < -0.4 is 0 Å². The van der Waals surface area contributed by atoms with Crippen LogP contribution in [0.5, 0.6) is 0 Å². The Hall–Kier alpha value is -9.38. The molecule has 0 N–H and O–H groups in total. The van der Waals surface area contributed by atoms with E-state index in [0.717, 1.165) is 11.4 Å². The highest BCUT2D eigenvalue weighted by Gasteiger charge is 2.34. The molecule has 6 heterocycles. The molecule has 0 spiro atoms. The lowest BCUT2D eigenvalue weighted by Crippen LogP contribution is -1.95. The third-order valence-electron chi connectivity index (χ3n) is 15.7. The molecule has 0 amide bonds. The third-order valence-corrected chi connectivity index (χ3v) is 15.7. The maximum absolute atomic E-state index is 2.66. The maximum atomic E-state index is 2.66. The molecule has 6 aromatic heterocycles. The van der Waals surface area contributed by atoms with Gasteiger partial charge < -0.3 is 17.9 Å². The first-order valence-electron chi connectivity index (χ1n) is 24.3. The summed E-state index contributed by atoms with van der Waals surface area (Å²) >= 11 is 0. The molecule has 0 bridgehead atoms. The van der Waals surface area contributed by atoms with E-state index in [-0.39, 0.29) is 0 Å². The van der Waals surface area contributed by atoms with Gasteiger partial charge in [0.15, 0.2) is 0 Å². The molecule has 0 fully saturated rings. The molecule has 0 saturated carbocycles. The second-order valence-electron chi connectivity index (χ2n) is 19.1. The lowest BCUT2D eigenvalue weighted by molar-refractivity contribution is 1.19. The van der Waals surface area contributed by atoms with Crippen LogP contribution in [0.15, 0.2) is 231 Å². The van der Waals surface area contributed by atoms with E-state index in [1.165, 1.54) is 142 Å². The molecule has 0 radical (unpaired) electrons. The van der Waals surface area contributed by atoms with Crippen LogP contribution in [0, 0.1) is 0 Å². The van der Waals surface area contributed by atoms with Crippen LogP contribution in [0.1, 0.15) is 0 Å². The van der Waals surface area contributed by atoms with Gasteiger partial charge in [0.05, 0.1) is 55.2 Å². The van der Waals surface area contributed by atoms with Gasteiger partial charge >= 0.3 is 0 Å². The molecule has 70 heavy (non-hydrogen) atoms. The number of hydrogen-bond donors (Lipinski definition) is 0. The zero-order valence-electron chi connectivity index (χ0n) is 37.7. The first-order valence-corrected chi connectivity index (χ1v) is 24.3. The maximum Gasteiger partial charge on any atom is 0.0642 e. The van der Waals surface area contributed by atoms with Crippen molar-refractivity contribution in [3.63, 3.8) is 0 Å². The molecule has 4 heteroatoms. The summed E-state index contributed by atoms with van der Waals surface area (Å²) < 4.78 is 10.4. The molecule has 322 valence electrons. The Bertz CT molecular complexity index is 4690. The summed E-state index contributed by atoms with van der Waals surface area (Å²) in [5, 5.41) is 15.1. The van der Waals surface area contributed by atoms with Crippen molar-refractivity contribution < 1.29 is 0 Å². The van der Waals surface area contributed by atoms with Crippen molar-refractivity contribution >= 4 is 120 Å². The monoisotopic (exact) mass is 886 g/mol. The van der Waals surface area contributed by atoms with Gasteiger partial charge in [0.1, 0.15) is 0 Å².